The number of nitrogens with one attached hydrogen (secondary N) is 1. The van der Waals surface area contributed by atoms with Crippen LogP contribution < -0.4 is 4.74 Å². The molecule has 0 radical (unpaired) electrons. The highest BCUT2D eigenvalue weighted by atomic mass is 16.5. The molecule has 0 bridgehead atoms. The smallest absolute Gasteiger partial charge is 0.246 e. The van der Waals surface area contributed by atoms with Crippen LogP contribution in [0.5, 0.6) is 5.75 Å². The van der Waals surface area contributed by atoms with Crippen molar-refractivity contribution in [2.75, 3.05) is 13.7 Å². The zero-order valence-corrected chi connectivity index (χ0v) is 18.2. The number of H-pyrrole nitrogens is 1. The maximum atomic E-state index is 13.8. The summed E-state index contributed by atoms with van der Waals surface area (Å²) in [7, 11) is 1.65. The second-order valence-corrected chi connectivity index (χ2v) is 9.13. The predicted octanol–water partition coefficient (Wildman–Crippen LogP) is 3.80. The van der Waals surface area contributed by atoms with Crippen molar-refractivity contribution in [2.24, 2.45) is 0 Å². The zero-order valence-electron chi connectivity index (χ0n) is 18.2. The summed E-state index contributed by atoms with van der Waals surface area (Å²) in [5.74, 6) is 0.829. The molecular weight excluding hydrogens is 402 g/mol. The van der Waals surface area contributed by atoms with Crippen LogP contribution >= 0.6 is 0 Å². The van der Waals surface area contributed by atoms with Crippen molar-refractivity contribution in [3.8, 4) is 5.75 Å². The molecule has 2 aliphatic heterocycles. The van der Waals surface area contributed by atoms with Gasteiger partial charge in [0.15, 0.2) is 0 Å². The molecule has 6 heteroatoms. The van der Waals surface area contributed by atoms with E-state index >= 15 is 0 Å². The van der Waals surface area contributed by atoms with E-state index in [2.05, 4.69) is 17.1 Å². The summed E-state index contributed by atoms with van der Waals surface area (Å²) in [6.45, 7) is 0.168. The number of nitrogens with zero attached hydrogens (tertiary/aromatic N) is 2. The lowest BCUT2D eigenvalue weighted by Gasteiger charge is -2.48. The quantitative estimate of drug-likeness (QED) is 0.689. The third-order valence-corrected chi connectivity index (χ3v) is 7.49. The Morgan fingerprint density at radius 3 is 2.56 bits per heavy atom. The SMILES string of the molecule is COc1ccccc1C1c2[nH]c3ccccc3c2C[C@H]2C(=O)N(C3CCCC3)CC(=O)N12. The van der Waals surface area contributed by atoms with Crippen LogP contribution in [0.2, 0.25) is 0 Å². The van der Waals surface area contributed by atoms with Crippen molar-refractivity contribution < 1.29 is 14.3 Å². The Labute approximate surface area is 187 Å². The van der Waals surface area contributed by atoms with Gasteiger partial charge in [-0.05, 0) is 30.5 Å². The number of para-hydroxylation sites is 2. The van der Waals surface area contributed by atoms with E-state index < -0.39 is 6.04 Å². The lowest BCUT2D eigenvalue weighted by atomic mass is 9.85. The summed E-state index contributed by atoms with van der Waals surface area (Å²) in [5, 5.41) is 1.13. The molecule has 2 amide bonds. The molecule has 1 unspecified atom stereocenters. The molecule has 1 saturated heterocycles. The number of amides is 2. The molecule has 3 aromatic rings. The van der Waals surface area contributed by atoms with Crippen molar-refractivity contribution in [3.63, 3.8) is 0 Å². The molecule has 6 rings (SSSR count). The van der Waals surface area contributed by atoms with Gasteiger partial charge in [-0.3, -0.25) is 9.59 Å². The maximum absolute atomic E-state index is 13.8. The summed E-state index contributed by atoms with van der Waals surface area (Å²) in [6.07, 6.45) is 4.81. The fraction of sp³-hybridized carbons (Fsp3) is 0.385. The molecule has 1 N–H and O–H groups in total. The van der Waals surface area contributed by atoms with Gasteiger partial charge in [-0.1, -0.05) is 49.2 Å². The van der Waals surface area contributed by atoms with E-state index in [0.717, 1.165) is 59.2 Å². The van der Waals surface area contributed by atoms with Crippen LogP contribution in [0.4, 0.5) is 0 Å². The minimum atomic E-state index is -0.488. The molecule has 2 fully saturated rings. The standard InChI is InChI=1S/C26H27N3O3/c1-32-22-13-7-5-11-18(22)25-24-19(17-10-4-6-12-20(17)27-24)14-21-26(31)28(15-23(30)29(21)25)16-8-2-3-9-16/h4-7,10-13,16,21,25,27H,2-3,8-9,14-15H2,1H3/t21-,25?/m0/s1. The van der Waals surface area contributed by atoms with Crippen LogP contribution in [0.15, 0.2) is 48.5 Å². The number of hydrogen-bond donors (Lipinski definition) is 1. The number of hydrogen-bond acceptors (Lipinski definition) is 3. The minimum absolute atomic E-state index is 0.0155. The molecular formula is C26H27N3O3. The number of methoxy groups -OCH3 is 1. The topological polar surface area (TPSA) is 65.6 Å². The normalized spacial score (nSPS) is 23.5. The van der Waals surface area contributed by atoms with E-state index in [-0.39, 0.29) is 30.4 Å². The maximum Gasteiger partial charge on any atom is 0.246 e. The highest BCUT2D eigenvalue weighted by Crippen LogP contribution is 2.45. The van der Waals surface area contributed by atoms with Gasteiger partial charge in [-0.25, -0.2) is 0 Å². The molecule has 3 aliphatic rings. The lowest BCUT2D eigenvalue weighted by Crippen LogP contribution is -2.64. The number of carbonyl (C=O) groups excluding carboxylic acids is 2. The Kier molecular flexibility index (Phi) is 4.49. The molecule has 1 saturated carbocycles. The van der Waals surface area contributed by atoms with Crippen LogP contribution in [0.25, 0.3) is 10.9 Å². The van der Waals surface area contributed by atoms with E-state index in [1.54, 1.807) is 7.11 Å². The number of rotatable bonds is 3. The van der Waals surface area contributed by atoms with Crippen LogP contribution in [0.1, 0.15) is 48.5 Å². The van der Waals surface area contributed by atoms with Crippen molar-refractivity contribution in [1.29, 1.82) is 0 Å². The van der Waals surface area contributed by atoms with Gasteiger partial charge in [0.25, 0.3) is 0 Å². The van der Waals surface area contributed by atoms with Crippen LogP contribution in [0, 0.1) is 0 Å². The molecule has 6 nitrogen and oxygen atoms in total. The Morgan fingerprint density at radius 2 is 1.75 bits per heavy atom. The van der Waals surface area contributed by atoms with E-state index in [9.17, 15) is 9.59 Å². The van der Waals surface area contributed by atoms with Crippen LogP contribution in [-0.2, 0) is 16.0 Å². The summed E-state index contributed by atoms with van der Waals surface area (Å²) < 4.78 is 5.68. The number of benzene rings is 2. The summed E-state index contributed by atoms with van der Waals surface area (Å²) in [6, 6.07) is 15.3. The Balaban J connectivity index is 1.53. The van der Waals surface area contributed by atoms with Gasteiger partial charge in [0.1, 0.15) is 24.4 Å². The average Bonchev–Trinajstić information content (AvgIpc) is 3.48. The predicted molar refractivity (Wildman–Crippen MR) is 121 cm³/mol. The largest absolute Gasteiger partial charge is 0.496 e. The Hall–Kier alpha value is -3.28. The van der Waals surface area contributed by atoms with Gasteiger partial charge >= 0.3 is 0 Å². The fourth-order valence-electron chi connectivity index (χ4n) is 6.03. The fourth-order valence-corrected chi connectivity index (χ4v) is 6.03. The highest BCUT2D eigenvalue weighted by Gasteiger charge is 2.50. The van der Waals surface area contributed by atoms with Crippen molar-refractivity contribution in [2.45, 2.75) is 50.2 Å². The zero-order chi connectivity index (χ0) is 21.8. The second-order valence-electron chi connectivity index (χ2n) is 9.13. The monoisotopic (exact) mass is 429 g/mol. The molecule has 2 aromatic carbocycles. The van der Waals surface area contributed by atoms with Crippen LogP contribution in [-0.4, -0.2) is 52.3 Å². The van der Waals surface area contributed by atoms with Crippen molar-refractivity contribution in [3.05, 3.63) is 65.4 Å². The Bertz CT molecular complexity index is 1210. The summed E-state index contributed by atoms with van der Waals surface area (Å²) >= 11 is 0. The van der Waals surface area contributed by atoms with Crippen molar-refractivity contribution >= 4 is 22.7 Å². The first-order valence-corrected chi connectivity index (χ1v) is 11.5. The molecule has 1 aromatic heterocycles. The molecule has 1 aliphatic carbocycles. The van der Waals surface area contributed by atoms with Gasteiger partial charge in [-0.15, -0.1) is 0 Å². The molecule has 3 heterocycles. The number of piperazine rings is 1. The first-order valence-electron chi connectivity index (χ1n) is 11.5. The summed E-state index contributed by atoms with van der Waals surface area (Å²) in [5.41, 5.74) is 4.06. The Morgan fingerprint density at radius 1 is 1.00 bits per heavy atom. The first-order chi connectivity index (χ1) is 15.7. The van der Waals surface area contributed by atoms with Gasteiger partial charge in [0, 0.05) is 34.6 Å². The van der Waals surface area contributed by atoms with E-state index in [4.69, 9.17) is 4.74 Å². The number of carbonyl (C=O) groups is 2. The third kappa shape index (κ3) is 2.78. The first kappa shape index (κ1) is 19.4. The second kappa shape index (κ2) is 7.40. The molecule has 164 valence electrons. The number of fused-ring (bicyclic) bond motifs is 4. The highest BCUT2D eigenvalue weighted by molar-refractivity contribution is 5.98. The number of ether oxygens (including phenoxy) is 1. The number of aromatic nitrogens is 1. The average molecular weight is 430 g/mol. The molecule has 0 spiro atoms. The van der Waals surface area contributed by atoms with Crippen LogP contribution in [0.3, 0.4) is 0 Å². The van der Waals surface area contributed by atoms with Gasteiger partial charge < -0.3 is 19.5 Å². The third-order valence-electron chi connectivity index (χ3n) is 7.49. The molecule has 32 heavy (non-hydrogen) atoms. The summed E-state index contributed by atoms with van der Waals surface area (Å²) in [4.78, 5) is 34.7. The van der Waals surface area contributed by atoms with Crippen molar-refractivity contribution in [1.82, 2.24) is 14.8 Å². The van der Waals surface area contributed by atoms with Gasteiger partial charge in [-0.2, -0.15) is 0 Å². The van der Waals surface area contributed by atoms with Gasteiger partial charge in [0.05, 0.1) is 7.11 Å². The minimum Gasteiger partial charge on any atom is -0.496 e. The van der Waals surface area contributed by atoms with E-state index in [1.165, 1.54) is 0 Å². The van der Waals surface area contributed by atoms with Gasteiger partial charge in [0.2, 0.25) is 11.8 Å². The molecule has 2 atom stereocenters. The lowest BCUT2D eigenvalue weighted by molar-refractivity contribution is -0.160. The van der Waals surface area contributed by atoms with E-state index in [0.29, 0.717) is 6.42 Å². The number of aromatic amines is 1. The van der Waals surface area contributed by atoms with E-state index in [1.807, 2.05) is 46.2 Å².